The maximum atomic E-state index is 6.16. The second-order valence-electron chi connectivity index (χ2n) is 6.72. The predicted molar refractivity (Wildman–Crippen MR) is 119 cm³/mol. The smallest absolute Gasteiger partial charge is 0.216 e. The first-order valence-electron chi connectivity index (χ1n) is 9.65. The van der Waals surface area contributed by atoms with E-state index in [0.29, 0.717) is 11.4 Å². The van der Waals surface area contributed by atoms with E-state index in [4.69, 9.17) is 17.0 Å². The van der Waals surface area contributed by atoms with Crippen molar-refractivity contribution < 1.29 is 4.74 Å². The number of aromatic amines is 1. The fraction of sp³-hybridized carbons (Fsp3) is 0.174. The predicted octanol–water partition coefficient (Wildman–Crippen LogP) is 5.51. The molecule has 0 aliphatic carbocycles. The zero-order valence-corrected chi connectivity index (χ0v) is 17.0. The summed E-state index contributed by atoms with van der Waals surface area (Å²) in [7, 11) is 0. The Morgan fingerprint density at radius 1 is 1.07 bits per heavy atom. The molecule has 4 rings (SSSR count). The maximum Gasteiger partial charge on any atom is 0.216 e. The number of aryl methyl sites for hydroxylation is 1. The normalized spacial score (nSPS) is 11.3. The number of nitrogens with one attached hydrogen (secondary N) is 1. The number of hydrogen-bond donors (Lipinski definition) is 1. The van der Waals surface area contributed by atoms with Crippen molar-refractivity contribution in [2.45, 2.75) is 26.4 Å². The monoisotopic (exact) mass is 402 g/mol. The van der Waals surface area contributed by atoms with Gasteiger partial charge in [-0.15, -0.1) is 0 Å². The molecule has 6 heteroatoms. The number of nitrogens with zero attached hydrogens (tertiary/aromatic N) is 3. The van der Waals surface area contributed by atoms with Gasteiger partial charge in [0.15, 0.2) is 5.82 Å². The summed E-state index contributed by atoms with van der Waals surface area (Å²) in [6.45, 7) is 2.60. The summed E-state index contributed by atoms with van der Waals surface area (Å²) in [6, 6.07) is 22.4. The van der Waals surface area contributed by atoms with E-state index in [9.17, 15) is 0 Å². The molecular formula is C23H22N4OS. The molecular weight excluding hydrogens is 380 g/mol. The van der Waals surface area contributed by atoms with E-state index in [1.807, 2.05) is 42.6 Å². The molecule has 1 aromatic heterocycles. The Morgan fingerprint density at radius 2 is 1.86 bits per heavy atom. The molecule has 5 nitrogen and oxygen atoms in total. The van der Waals surface area contributed by atoms with E-state index in [1.165, 1.54) is 0 Å². The third kappa shape index (κ3) is 4.27. The molecule has 0 bridgehead atoms. The average Bonchev–Trinajstić information content (AvgIpc) is 3.11. The largest absolute Gasteiger partial charge is 0.488 e. The van der Waals surface area contributed by atoms with Gasteiger partial charge in [-0.25, -0.2) is 0 Å². The summed E-state index contributed by atoms with van der Waals surface area (Å²) in [5.41, 5.74) is 2.04. The Bertz CT molecular complexity index is 1190. The number of H-pyrrole nitrogens is 1. The number of benzene rings is 3. The molecule has 0 atom stereocenters. The molecule has 0 fully saturated rings. The first-order valence-corrected chi connectivity index (χ1v) is 10.1. The van der Waals surface area contributed by atoms with E-state index >= 15 is 0 Å². The van der Waals surface area contributed by atoms with Gasteiger partial charge >= 0.3 is 0 Å². The number of rotatable bonds is 7. The molecule has 146 valence electrons. The van der Waals surface area contributed by atoms with Crippen LogP contribution in [0.3, 0.4) is 0 Å². The molecule has 1 N–H and O–H groups in total. The summed E-state index contributed by atoms with van der Waals surface area (Å²) in [4.78, 5) is 0. The minimum atomic E-state index is 0.483. The molecule has 0 saturated carbocycles. The van der Waals surface area contributed by atoms with Gasteiger partial charge in [0.25, 0.3) is 0 Å². The Kier molecular flexibility index (Phi) is 5.81. The molecule has 0 unspecified atom stereocenters. The van der Waals surface area contributed by atoms with Gasteiger partial charge in [-0.1, -0.05) is 67.6 Å². The number of aromatic nitrogens is 3. The summed E-state index contributed by atoms with van der Waals surface area (Å²) in [6.07, 6.45) is 3.58. The average molecular weight is 403 g/mol. The van der Waals surface area contributed by atoms with Crippen LogP contribution in [0.2, 0.25) is 0 Å². The molecule has 0 radical (unpaired) electrons. The fourth-order valence-electron chi connectivity index (χ4n) is 3.21. The van der Waals surface area contributed by atoms with Crippen LogP contribution in [0.25, 0.3) is 10.8 Å². The topological polar surface area (TPSA) is 55.2 Å². The van der Waals surface area contributed by atoms with Crippen LogP contribution >= 0.6 is 12.2 Å². The number of ether oxygens (including phenoxy) is 1. The molecule has 0 amide bonds. The van der Waals surface area contributed by atoms with Gasteiger partial charge in [-0.3, -0.25) is 5.10 Å². The highest BCUT2D eigenvalue weighted by Gasteiger charge is 2.09. The van der Waals surface area contributed by atoms with E-state index in [0.717, 1.165) is 46.3 Å². The third-order valence-electron chi connectivity index (χ3n) is 4.66. The molecule has 0 aliphatic rings. The first kappa shape index (κ1) is 19.1. The minimum Gasteiger partial charge on any atom is -0.488 e. The lowest BCUT2D eigenvalue weighted by atomic mass is 10.0. The van der Waals surface area contributed by atoms with Crippen molar-refractivity contribution >= 4 is 29.2 Å². The zero-order valence-electron chi connectivity index (χ0n) is 16.2. The van der Waals surface area contributed by atoms with Gasteiger partial charge < -0.3 is 4.74 Å². The molecule has 3 aromatic carbocycles. The van der Waals surface area contributed by atoms with Crippen LogP contribution in [0.1, 0.15) is 30.3 Å². The van der Waals surface area contributed by atoms with Crippen molar-refractivity contribution in [1.29, 1.82) is 0 Å². The Morgan fingerprint density at radius 3 is 2.69 bits per heavy atom. The second-order valence-corrected chi connectivity index (χ2v) is 7.11. The highest BCUT2D eigenvalue weighted by molar-refractivity contribution is 7.71. The van der Waals surface area contributed by atoms with Crippen molar-refractivity contribution in [2.75, 3.05) is 0 Å². The quantitative estimate of drug-likeness (QED) is 0.328. The van der Waals surface area contributed by atoms with Gasteiger partial charge in [-0.05, 0) is 41.0 Å². The fourth-order valence-corrected chi connectivity index (χ4v) is 3.41. The van der Waals surface area contributed by atoms with Gasteiger partial charge in [0.05, 0.1) is 6.21 Å². The van der Waals surface area contributed by atoms with Gasteiger partial charge in [0.1, 0.15) is 12.4 Å². The number of fused-ring (bicyclic) bond motifs is 1. The van der Waals surface area contributed by atoms with Gasteiger partial charge in [0, 0.05) is 12.0 Å². The lowest BCUT2D eigenvalue weighted by molar-refractivity contribution is 0.306. The maximum absolute atomic E-state index is 6.16. The van der Waals surface area contributed by atoms with Crippen molar-refractivity contribution in [3.05, 3.63) is 88.5 Å². The van der Waals surface area contributed by atoms with Crippen LogP contribution in [0.5, 0.6) is 5.75 Å². The summed E-state index contributed by atoms with van der Waals surface area (Å²) >= 11 is 5.35. The zero-order chi connectivity index (χ0) is 20.1. The lowest BCUT2D eigenvalue weighted by Gasteiger charge is -2.12. The first-order chi connectivity index (χ1) is 14.3. The summed E-state index contributed by atoms with van der Waals surface area (Å²) in [5, 5.41) is 13.9. The van der Waals surface area contributed by atoms with E-state index < -0.39 is 0 Å². The second kappa shape index (κ2) is 8.84. The van der Waals surface area contributed by atoms with Crippen molar-refractivity contribution in [3.63, 3.8) is 0 Å². The van der Waals surface area contributed by atoms with Crippen LogP contribution in [0.4, 0.5) is 0 Å². The highest BCUT2D eigenvalue weighted by atomic mass is 32.1. The molecule has 0 saturated heterocycles. The van der Waals surface area contributed by atoms with Crippen molar-refractivity contribution in [2.24, 2.45) is 5.10 Å². The standard InChI is InChI=1S/C23H22N4OS/c1-2-8-22-25-26-23(29)27(22)24-15-20-19-12-7-6-11-18(19)13-14-21(20)28-16-17-9-4-3-5-10-17/h3-7,9-15H,2,8,16H2,1H3,(H,26,29). The van der Waals surface area contributed by atoms with Crippen molar-refractivity contribution in [3.8, 4) is 5.75 Å². The minimum absolute atomic E-state index is 0.483. The Hall–Kier alpha value is -3.25. The van der Waals surface area contributed by atoms with E-state index in [-0.39, 0.29) is 0 Å². The van der Waals surface area contributed by atoms with Crippen LogP contribution in [-0.4, -0.2) is 21.1 Å². The van der Waals surface area contributed by atoms with E-state index in [2.05, 4.69) is 52.6 Å². The Balaban J connectivity index is 1.73. The SMILES string of the molecule is CCCc1n[nH]c(=S)n1N=Cc1c(OCc2ccccc2)ccc2ccccc12. The summed E-state index contributed by atoms with van der Waals surface area (Å²) < 4.78 is 8.32. The van der Waals surface area contributed by atoms with E-state index in [1.54, 1.807) is 4.68 Å². The molecule has 0 aliphatic heterocycles. The van der Waals surface area contributed by atoms with Crippen LogP contribution in [0.15, 0.2) is 71.8 Å². The van der Waals surface area contributed by atoms with Crippen LogP contribution < -0.4 is 4.74 Å². The number of hydrogen-bond acceptors (Lipinski definition) is 4. The molecule has 29 heavy (non-hydrogen) atoms. The van der Waals surface area contributed by atoms with Crippen LogP contribution in [-0.2, 0) is 13.0 Å². The Labute approximate surface area is 174 Å². The highest BCUT2D eigenvalue weighted by Crippen LogP contribution is 2.27. The molecule has 0 spiro atoms. The van der Waals surface area contributed by atoms with Gasteiger partial charge in [0.2, 0.25) is 4.77 Å². The van der Waals surface area contributed by atoms with Crippen molar-refractivity contribution in [1.82, 2.24) is 14.9 Å². The lowest BCUT2D eigenvalue weighted by Crippen LogP contribution is -2.02. The van der Waals surface area contributed by atoms with Gasteiger partial charge in [-0.2, -0.15) is 14.9 Å². The molecule has 1 heterocycles. The summed E-state index contributed by atoms with van der Waals surface area (Å²) in [5.74, 6) is 1.60. The van der Waals surface area contributed by atoms with Crippen LogP contribution in [0, 0.1) is 4.77 Å². The molecule has 4 aromatic rings. The third-order valence-corrected chi connectivity index (χ3v) is 4.93.